The van der Waals surface area contributed by atoms with Crippen LogP contribution in [-0.2, 0) is 0 Å². The molecule has 0 aromatic rings. The second-order valence-electron chi connectivity index (χ2n) is 4.00. The summed E-state index contributed by atoms with van der Waals surface area (Å²) in [6.45, 7) is 7.32. The van der Waals surface area contributed by atoms with E-state index in [1.807, 2.05) is 0 Å². The Bertz CT molecular complexity index is 88.9. The van der Waals surface area contributed by atoms with Gasteiger partial charge in [0.2, 0.25) is 0 Å². The van der Waals surface area contributed by atoms with E-state index in [9.17, 15) is 0 Å². The van der Waals surface area contributed by atoms with E-state index < -0.39 is 0 Å². The number of likely N-dealkylation sites (tertiary alicyclic amines) is 1. The summed E-state index contributed by atoms with van der Waals surface area (Å²) in [4.78, 5) is 2.45. The molecule has 0 radical (unpaired) electrons. The van der Waals surface area contributed by atoms with Crippen LogP contribution in [0.5, 0.6) is 0 Å². The molecule has 1 heteroatoms. The lowest BCUT2D eigenvalue weighted by molar-refractivity contribution is 0.310. The van der Waals surface area contributed by atoms with Crippen LogP contribution in [0.2, 0.25) is 0 Å². The van der Waals surface area contributed by atoms with E-state index in [1.54, 1.807) is 0 Å². The van der Waals surface area contributed by atoms with Crippen LogP contribution in [0.15, 0.2) is 0 Å². The quantitative estimate of drug-likeness (QED) is 0.498. The van der Waals surface area contributed by atoms with Gasteiger partial charge in [0.05, 0.1) is 0 Å². The van der Waals surface area contributed by atoms with E-state index in [1.165, 1.54) is 25.9 Å². The van der Waals surface area contributed by atoms with Crippen molar-refractivity contribution in [2.75, 3.05) is 20.1 Å². The van der Waals surface area contributed by atoms with Crippen LogP contribution in [0.1, 0.15) is 26.7 Å². The number of hydrogen-bond acceptors (Lipinski definition) is 1. The summed E-state index contributed by atoms with van der Waals surface area (Å²) in [6, 6.07) is 0. The lowest BCUT2D eigenvalue weighted by atomic mass is 9.97. The molecule has 2 unspecified atom stereocenters. The first kappa shape index (κ1) is 8.06. The maximum atomic E-state index is 2.45. The molecule has 0 amide bonds. The first-order chi connectivity index (χ1) is 4.68. The van der Waals surface area contributed by atoms with Gasteiger partial charge >= 0.3 is 0 Å². The molecular weight excluding hydrogens is 122 g/mol. The summed E-state index contributed by atoms with van der Waals surface area (Å²) in [7, 11) is 2.23. The molecule has 0 saturated carbocycles. The summed E-state index contributed by atoms with van der Waals surface area (Å²) in [5.41, 5.74) is 0. The second kappa shape index (κ2) is 3.38. The highest BCUT2D eigenvalue weighted by molar-refractivity contribution is 4.69. The minimum atomic E-state index is 0.905. The van der Waals surface area contributed by atoms with Crippen LogP contribution in [0.4, 0.5) is 0 Å². The molecule has 0 spiro atoms. The fraction of sp³-hybridized carbons (Fsp3) is 1.00. The fourth-order valence-electron chi connectivity index (χ4n) is 1.94. The van der Waals surface area contributed by atoms with Crippen molar-refractivity contribution in [3.63, 3.8) is 0 Å². The Kier molecular flexibility index (Phi) is 2.72. The molecule has 1 nitrogen and oxygen atoms in total. The highest BCUT2D eigenvalue weighted by atomic mass is 15.1. The van der Waals surface area contributed by atoms with Crippen molar-refractivity contribution < 1.29 is 0 Å². The van der Waals surface area contributed by atoms with Gasteiger partial charge < -0.3 is 4.90 Å². The van der Waals surface area contributed by atoms with E-state index in [4.69, 9.17) is 0 Å². The maximum absolute atomic E-state index is 2.45. The largest absolute Gasteiger partial charge is 0.306 e. The Morgan fingerprint density at radius 3 is 2.60 bits per heavy atom. The Morgan fingerprint density at radius 2 is 1.90 bits per heavy atom. The Labute approximate surface area is 64.4 Å². The molecule has 0 aliphatic carbocycles. The van der Waals surface area contributed by atoms with Gasteiger partial charge in [0.1, 0.15) is 0 Å². The van der Waals surface area contributed by atoms with Crippen molar-refractivity contribution in [2.45, 2.75) is 26.7 Å². The minimum absolute atomic E-state index is 0.905. The number of nitrogens with zero attached hydrogens (tertiary/aromatic N) is 1. The summed E-state index contributed by atoms with van der Waals surface area (Å²) in [5.74, 6) is 1.85. The second-order valence-corrected chi connectivity index (χ2v) is 4.00. The van der Waals surface area contributed by atoms with Gasteiger partial charge in [0.15, 0.2) is 0 Å². The summed E-state index contributed by atoms with van der Waals surface area (Å²) in [5, 5.41) is 0. The van der Waals surface area contributed by atoms with Crippen LogP contribution < -0.4 is 0 Å². The molecular formula is C9H19N. The zero-order valence-corrected chi connectivity index (χ0v) is 7.43. The van der Waals surface area contributed by atoms with Gasteiger partial charge in [0.25, 0.3) is 0 Å². The molecule has 0 N–H and O–H groups in total. The Morgan fingerprint density at radius 1 is 1.20 bits per heavy atom. The first-order valence-electron chi connectivity index (χ1n) is 4.37. The van der Waals surface area contributed by atoms with Crippen LogP contribution in [0, 0.1) is 11.8 Å². The lowest BCUT2D eigenvalue weighted by Crippen LogP contribution is -2.22. The first-order valence-corrected chi connectivity index (χ1v) is 4.37. The van der Waals surface area contributed by atoms with E-state index in [-0.39, 0.29) is 0 Å². The molecule has 10 heavy (non-hydrogen) atoms. The standard InChI is InChI=1S/C9H19N/c1-8-4-5-10(3)7-9(2)6-8/h8-9H,4-7H2,1-3H3. The lowest BCUT2D eigenvalue weighted by Gasteiger charge is -2.15. The van der Waals surface area contributed by atoms with E-state index in [2.05, 4.69) is 25.8 Å². The molecule has 0 bridgehead atoms. The molecule has 0 aromatic carbocycles. The van der Waals surface area contributed by atoms with E-state index in [0.717, 1.165) is 11.8 Å². The molecule has 1 fully saturated rings. The van der Waals surface area contributed by atoms with Gasteiger partial charge in [-0.3, -0.25) is 0 Å². The molecule has 60 valence electrons. The van der Waals surface area contributed by atoms with Crippen molar-refractivity contribution in [3.8, 4) is 0 Å². The predicted octanol–water partition coefficient (Wildman–Crippen LogP) is 1.98. The van der Waals surface area contributed by atoms with Crippen molar-refractivity contribution >= 4 is 0 Å². The number of rotatable bonds is 0. The van der Waals surface area contributed by atoms with Crippen LogP contribution in [0.3, 0.4) is 0 Å². The van der Waals surface area contributed by atoms with Gasteiger partial charge in [-0.15, -0.1) is 0 Å². The highest BCUT2D eigenvalue weighted by Gasteiger charge is 2.15. The third-order valence-electron chi connectivity index (χ3n) is 2.43. The fourth-order valence-corrected chi connectivity index (χ4v) is 1.94. The molecule has 1 saturated heterocycles. The zero-order valence-electron chi connectivity index (χ0n) is 7.43. The molecule has 1 rings (SSSR count). The van der Waals surface area contributed by atoms with Crippen molar-refractivity contribution in [1.29, 1.82) is 0 Å². The Hall–Kier alpha value is -0.0400. The van der Waals surface area contributed by atoms with Crippen LogP contribution >= 0.6 is 0 Å². The predicted molar refractivity (Wildman–Crippen MR) is 45.1 cm³/mol. The van der Waals surface area contributed by atoms with Gasteiger partial charge in [-0.2, -0.15) is 0 Å². The zero-order chi connectivity index (χ0) is 7.56. The molecule has 1 aliphatic rings. The molecule has 0 aromatic heterocycles. The van der Waals surface area contributed by atoms with Crippen molar-refractivity contribution in [2.24, 2.45) is 11.8 Å². The van der Waals surface area contributed by atoms with Crippen LogP contribution in [-0.4, -0.2) is 25.0 Å². The average molecular weight is 141 g/mol. The van der Waals surface area contributed by atoms with Crippen molar-refractivity contribution in [3.05, 3.63) is 0 Å². The summed E-state index contributed by atoms with van der Waals surface area (Å²) < 4.78 is 0. The van der Waals surface area contributed by atoms with E-state index in [0.29, 0.717) is 0 Å². The highest BCUT2D eigenvalue weighted by Crippen LogP contribution is 2.19. The smallest absolute Gasteiger partial charge is 0.000407 e. The average Bonchev–Trinajstić information content (AvgIpc) is 1.93. The Balaban J connectivity index is 2.38. The van der Waals surface area contributed by atoms with E-state index >= 15 is 0 Å². The van der Waals surface area contributed by atoms with Gasteiger partial charge in [-0.1, -0.05) is 13.8 Å². The minimum Gasteiger partial charge on any atom is -0.306 e. The molecule has 1 heterocycles. The maximum Gasteiger partial charge on any atom is 0.000407 e. The summed E-state index contributed by atoms with van der Waals surface area (Å²) >= 11 is 0. The third kappa shape index (κ3) is 2.30. The van der Waals surface area contributed by atoms with Gasteiger partial charge in [-0.25, -0.2) is 0 Å². The van der Waals surface area contributed by atoms with Crippen LogP contribution in [0.25, 0.3) is 0 Å². The summed E-state index contributed by atoms with van der Waals surface area (Å²) in [6.07, 6.45) is 2.81. The molecule has 1 aliphatic heterocycles. The van der Waals surface area contributed by atoms with Gasteiger partial charge in [-0.05, 0) is 38.3 Å². The third-order valence-corrected chi connectivity index (χ3v) is 2.43. The molecule has 2 atom stereocenters. The number of hydrogen-bond donors (Lipinski definition) is 0. The SMILES string of the molecule is CC1CCN(C)CC(C)C1. The van der Waals surface area contributed by atoms with Gasteiger partial charge in [0, 0.05) is 6.54 Å². The topological polar surface area (TPSA) is 3.24 Å². The normalized spacial score (nSPS) is 37.5. The monoisotopic (exact) mass is 141 g/mol. The van der Waals surface area contributed by atoms with Crippen molar-refractivity contribution in [1.82, 2.24) is 4.90 Å².